The van der Waals surface area contributed by atoms with Crippen LogP contribution in [0.1, 0.15) is 11.3 Å². The normalized spacial score (nSPS) is 9.75. The van der Waals surface area contributed by atoms with Crippen molar-refractivity contribution in [2.45, 2.75) is 13.5 Å². The van der Waals surface area contributed by atoms with Gasteiger partial charge in [0.25, 0.3) is 0 Å². The molecule has 1 aromatic heterocycles. The average molecular weight is 208 g/mol. The molecule has 2 heteroatoms. The molecular formula is C14H12N2. The van der Waals surface area contributed by atoms with E-state index in [0.29, 0.717) is 6.54 Å². The number of pyridine rings is 1. The predicted octanol–water partition coefficient (Wildman–Crippen LogP) is 3.48. The number of benzene rings is 1. The third-order valence-corrected chi connectivity index (χ3v) is 2.37. The van der Waals surface area contributed by atoms with E-state index in [4.69, 9.17) is 6.57 Å². The Morgan fingerprint density at radius 1 is 1.19 bits per heavy atom. The van der Waals surface area contributed by atoms with Crippen LogP contribution >= 0.6 is 0 Å². The van der Waals surface area contributed by atoms with Crippen LogP contribution < -0.4 is 0 Å². The second-order valence-electron chi connectivity index (χ2n) is 3.68. The Bertz CT molecular complexity index is 538. The van der Waals surface area contributed by atoms with Gasteiger partial charge in [0.05, 0.1) is 5.69 Å². The molecule has 0 aliphatic carbocycles. The molecule has 0 radical (unpaired) electrons. The number of hydrogen-bond acceptors (Lipinski definition) is 1. The fourth-order valence-corrected chi connectivity index (χ4v) is 1.62. The van der Waals surface area contributed by atoms with Gasteiger partial charge in [-0.15, -0.1) is 0 Å². The molecule has 0 spiro atoms. The summed E-state index contributed by atoms with van der Waals surface area (Å²) in [5, 5.41) is 0. The highest BCUT2D eigenvalue weighted by Gasteiger charge is 2.01. The molecular weight excluding hydrogens is 196 g/mol. The molecule has 78 valence electrons. The molecule has 0 aliphatic heterocycles. The van der Waals surface area contributed by atoms with Crippen LogP contribution in [0.3, 0.4) is 0 Å². The first-order valence-electron chi connectivity index (χ1n) is 5.16. The SMILES string of the molecule is [C-]#[N+]Cc1cccc(-c2cccc(C)n2)c1. The van der Waals surface area contributed by atoms with Gasteiger partial charge in [-0.25, -0.2) is 6.57 Å². The third-order valence-electron chi connectivity index (χ3n) is 2.37. The quantitative estimate of drug-likeness (QED) is 0.691. The van der Waals surface area contributed by atoms with Gasteiger partial charge in [0.1, 0.15) is 0 Å². The summed E-state index contributed by atoms with van der Waals surface area (Å²) in [5.74, 6) is 0. The van der Waals surface area contributed by atoms with Crippen LogP contribution in [0.15, 0.2) is 42.5 Å². The van der Waals surface area contributed by atoms with E-state index in [1.165, 1.54) is 0 Å². The molecule has 0 bridgehead atoms. The van der Waals surface area contributed by atoms with Crippen LogP contribution in [0.5, 0.6) is 0 Å². The minimum atomic E-state index is 0.430. The van der Waals surface area contributed by atoms with E-state index in [0.717, 1.165) is 22.5 Å². The van der Waals surface area contributed by atoms with Crippen LogP contribution in [-0.2, 0) is 6.54 Å². The lowest BCUT2D eigenvalue weighted by molar-refractivity contribution is 1.20. The summed E-state index contributed by atoms with van der Waals surface area (Å²) >= 11 is 0. The van der Waals surface area contributed by atoms with E-state index in [-0.39, 0.29) is 0 Å². The lowest BCUT2D eigenvalue weighted by Gasteiger charge is -2.02. The minimum absolute atomic E-state index is 0.430. The Kier molecular flexibility index (Phi) is 2.98. The van der Waals surface area contributed by atoms with Crippen LogP contribution in [0.4, 0.5) is 0 Å². The van der Waals surface area contributed by atoms with Gasteiger partial charge >= 0.3 is 0 Å². The maximum Gasteiger partial charge on any atom is 0.239 e. The minimum Gasteiger partial charge on any atom is -0.312 e. The van der Waals surface area contributed by atoms with Crippen molar-refractivity contribution in [3.05, 3.63) is 65.1 Å². The molecule has 0 saturated heterocycles. The standard InChI is InChI=1S/C14H12N2/c1-11-5-3-8-14(16-11)13-7-4-6-12(9-13)10-15-2/h3-9H,10H2,1H3. The van der Waals surface area contributed by atoms with Gasteiger partial charge in [-0.2, -0.15) is 0 Å². The van der Waals surface area contributed by atoms with E-state index in [9.17, 15) is 0 Å². The number of nitrogens with zero attached hydrogens (tertiary/aromatic N) is 2. The Morgan fingerprint density at radius 2 is 2.00 bits per heavy atom. The number of hydrogen-bond donors (Lipinski definition) is 0. The van der Waals surface area contributed by atoms with E-state index < -0.39 is 0 Å². The first kappa shape index (κ1) is 10.4. The van der Waals surface area contributed by atoms with Crippen molar-refractivity contribution in [2.75, 3.05) is 0 Å². The second-order valence-corrected chi connectivity index (χ2v) is 3.68. The molecule has 0 aliphatic rings. The number of aromatic nitrogens is 1. The smallest absolute Gasteiger partial charge is 0.239 e. The Hall–Kier alpha value is -2.14. The van der Waals surface area contributed by atoms with Gasteiger partial charge in [0.2, 0.25) is 6.54 Å². The number of aryl methyl sites for hydroxylation is 1. The van der Waals surface area contributed by atoms with Crippen molar-refractivity contribution < 1.29 is 0 Å². The molecule has 1 heterocycles. The first-order chi connectivity index (χ1) is 7.79. The maximum absolute atomic E-state index is 6.86. The summed E-state index contributed by atoms with van der Waals surface area (Å²) < 4.78 is 0. The molecule has 1 aromatic carbocycles. The van der Waals surface area contributed by atoms with Gasteiger partial charge in [0, 0.05) is 16.8 Å². The van der Waals surface area contributed by atoms with Crippen molar-refractivity contribution in [1.29, 1.82) is 0 Å². The van der Waals surface area contributed by atoms with E-state index >= 15 is 0 Å². The van der Waals surface area contributed by atoms with Crippen molar-refractivity contribution in [3.8, 4) is 11.3 Å². The summed E-state index contributed by atoms with van der Waals surface area (Å²) in [4.78, 5) is 7.86. The fourth-order valence-electron chi connectivity index (χ4n) is 1.62. The number of rotatable bonds is 2. The van der Waals surface area contributed by atoms with E-state index in [1.807, 2.05) is 49.4 Å². The lowest BCUT2D eigenvalue weighted by atomic mass is 10.1. The molecule has 0 N–H and O–H groups in total. The summed E-state index contributed by atoms with van der Waals surface area (Å²) in [5.41, 5.74) is 4.08. The molecule has 0 fully saturated rings. The molecule has 0 amide bonds. The highest BCUT2D eigenvalue weighted by molar-refractivity contribution is 5.60. The van der Waals surface area contributed by atoms with Gasteiger partial charge in [-0.1, -0.05) is 24.3 Å². The predicted molar refractivity (Wildman–Crippen MR) is 64.7 cm³/mol. The zero-order valence-electron chi connectivity index (χ0n) is 9.14. The maximum atomic E-state index is 6.86. The Morgan fingerprint density at radius 3 is 2.75 bits per heavy atom. The molecule has 0 atom stereocenters. The Labute approximate surface area is 95.4 Å². The molecule has 2 rings (SSSR count). The first-order valence-corrected chi connectivity index (χ1v) is 5.16. The van der Waals surface area contributed by atoms with Crippen molar-refractivity contribution >= 4 is 0 Å². The largest absolute Gasteiger partial charge is 0.312 e. The van der Waals surface area contributed by atoms with Crippen LogP contribution in [0.2, 0.25) is 0 Å². The summed E-state index contributed by atoms with van der Waals surface area (Å²) in [6, 6.07) is 14.0. The molecule has 16 heavy (non-hydrogen) atoms. The molecule has 2 nitrogen and oxygen atoms in total. The summed E-state index contributed by atoms with van der Waals surface area (Å²) in [7, 11) is 0. The molecule has 0 unspecified atom stereocenters. The van der Waals surface area contributed by atoms with E-state index in [2.05, 4.69) is 9.83 Å². The fraction of sp³-hybridized carbons (Fsp3) is 0.143. The van der Waals surface area contributed by atoms with Crippen molar-refractivity contribution in [2.24, 2.45) is 0 Å². The van der Waals surface area contributed by atoms with Crippen LogP contribution in [-0.4, -0.2) is 4.98 Å². The van der Waals surface area contributed by atoms with E-state index in [1.54, 1.807) is 0 Å². The van der Waals surface area contributed by atoms with Gasteiger partial charge in [0.15, 0.2) is 0 Å². The monoisotopic (exact) mass is 208 g/mol. The summed E-state index contributed by atoms with van der Waals surface area (Å²) in [6.07, 6.45) is 0. The van der Waals surface area contributed by atoms with Gasteiger partial charge in [-0.05, 0) is 25.1 Å². The Balaban J connectivity index is 2.41. The zero-order chi connectivity index (χ0) is 11.4. The van der Waals surface area contributed by atoms with Crippen molar-refractivity contribution in [1.82, 2.24) is 4.98 Å². The van der Waals surface area contributed by atoms with Crippen molar-refractivity contribution in [3.63, 3.8) is 0 Å². The van der Waals surface area contributed by atoms with Crippen LogP contribution in [0.25, 0.3) is 16.1 Å². The van der Waals surface area contributed by atoms with Gasteiger partial charge in [-0.3, -0.25) is 4.98 Å². The third kappa shape index (κ3) is 2.26. The highest BCUT2D eigenvalue weighted by atomic mass is 14.7. The molecule has 2 aromatic rings. The average Bonchev–Trinajstić information content (AvgIpc) is 2.30. The van der Waals surface area contributed by atoms with Crippen LogP contribution in [0, 0.1) is 13.5 Å². The topological polar surface area (TPSA) is 17.2 Å². The highest BCUT2D eigenvalue weighted by Crippen LogP contribution is 2.18. The summed E-state index contributed by atoms with van der Waals surface area (Å²) in [6.45, 7) is 9.27. The molecule has 0 saturated carbocycles. The lowest BCUT2D eigenvalue weighted by Crippen LogP contribution is -1.87. The van der Waals surface area contributed by atoms with Gasteiger partial charge < -0.3 is 4.85 Å². The zero-order valence-corrected chi connectivity index (χ0v) is 9.14. The second kappa shape index (κ2) is 4.59.